The van der Waals surface area contributed by atoms with E-state index in [1.54, 1.807) is 34.0 Å². The van der Waals surface area contributed by atoms with Gasteiger partial charge < -0.3 is 19.9 Å². The van der Waals surface area contributed by atoms with Crippen LogP contribution in [-0.2, 0) is 7.05 Å². The summed E-state index contributed by atoms with van der Waals surface area (Å²) in [5.74, 6) is 0.271. The van der Waals surface area contributed by atoms with Crippen molar-refractivity contribution in [2.75, 3.05) is 13.1 Å². The Morgan fingerprint density at radius 3 is 2.79 bits per heavy atom. The number of urea groups is 1. The molecule has 2 aromatic rings. The SMILES string of the molecule is Cn1ccnc1C(NC(=O)N1CCC(O)CC1)c1cccc(F)c1. The van der Waals surface area contributed by atoms with Crippen LogP contribution in [0.5, 0.6) is 0 Å². The molecule has 1 aliphatic rings. The van der Waals surface area contributed by atoms with Crippen LogP contribution in [0.15, 0.2) is 36.7 Å². The number of carbonyl (C=O) groups excluding carboxylic acids is 1. The molecule has 1 aromatic carbocycles. The lowest BCUT2D eigenvalue weighted by Crippen LogP contribution is -2.47. The highest BCUT2D eigenvalue weighted by Gasteiger charge is 2.26. The zero-order valence-electron chi connectivity index (χ0n) is 13.5. The molecule has 2 heterocycles. The molecule has 0 saturated carbocycles. The molecule has 2 amide bonds. The second-order valence-electron chi connectivity index (χ2n) is 6.05. The molecule has 1 atom stereocenters. The first-order valence-corrected chi connectivity index (χ1v) is 8.01. The molecular formula is C17H21FN4O2. The molecule has 0 bridgehead atoms. The molecule has 3 rings (SSSR count). The maximum absolute atomic E-state index is 13.6. The van der Waals surface area contributed by atoms with Gasteiger partial charge in [-0.2, -0.15) is 0 Å². The number of hydrogen-bond acceptors (Lipinski definition) is 3. The summed E-state index contributed by atoms with van der Waals surface area (Å²) in [5, 5.41) is 12.5. The van der Waals surface area contributed by atoms with Gasteiger partial charge >= 0.3 is 6.03 Å². The summed E-state index contributed by atoms with van der Waals surface area (Å²) < 4.78 is 15.4. The number of hydrogen-bond donors (Lipinski definition) is 2. The number of nitrogens with zero attached hydrogens (tertiary/aromatic N) is 3. The van der Waals surface area contributed by atoms with Crippen LogP contribution < -0.4 is 5.32 Å². The van der Waals surface area contributed by atoms with E-state index in [0.717, 1.165) is 0 Å². The number of amides is 2. The van der Waals surface area contributed by atoms with Crippen molar-refractivity contribution in [3.63, 3.8) is 0 Å². The Kier molecular flexibility index (Phi) is 4.80. The minimum absolute atomic E-state index is 0.237. The second kappa shape index (κ2) is 7.00. The van der Waals surface area contributed by atoms with E-state index < -0.39 is 6.04 Å². The van der Waals surface area contributed by atoms with Crippen molar-refractivity contribution >= 4 is 6.03 Å². The molecule has 128 valence electrons. The number of carbonyl (C=O) groups is 1. The van der Waals surface area contributed by atoms with Crippen molar-refractivity contribution in [1.82, 2.24) is 19.8 Å². The Morgan fingerprint density at radius 2 is 2.17 bits per heavy atom. The number of rotatable bonds is 3. The number of piperidine rings is 1. The third kappa shape index (κ3) is 3.56. The van der Waals surface area contributed by atoms with Crippen molar-refractivity contribution in [3.05, 3.63) is 53.9 Å². The monoisotopic (exact) mass is 332 g/mol. The third-order valence-corrected chi connectivity index (χ3v) is 4.32. The molecule has 2 N–H and O–H groups in total. The predicted molar refractivity (Wildman–Crippen MR) is 86.8 cm³/mol. The zero-order chi connectivity index (χ0) is 17.1. The third-order valence-electron chi connectivity index (χ3n) is 4.32. The van der Waals surface area contributed by atoms with E-state index in [-0.39, 0.29) is 18.0 Å². The van der Waals surface area contributed by atoms with Crippen molar-refractivity contribution in [2.24, 2.45) is 7.05 Å². The van der Waals surface area contributed by atoms with E-state index in [0.29, 0.717) is 37.3 Å². The largest absolute Gasteiger partial charge is 0.393 e. The van der Waals surface area contributed by atoms with Gasteiger partial charge in [-0.1, -0.05) is 12.1 Å². The second-order valence-corrected chi connectivity index (χ2v) is 6.05. The zero-order valence-corrected chi connectivity index (χ0v) is 13.5. The molecule has 0 radical (unpaired) electrons. The topological polar surface area (TPSA) is 70.4 Å². The van der Waals surface area contributed by atoms with Crippen LogP contribution in [0.2, 0.25) is 0 Å². The number of likely N-dealkylation sites (tertiary alicyclic amines) is 1. The van der Waals surface area contributed by atoms with Crippen molar-refractivity contribution < 1.29 is 14.3 Å². The fourth-order valence-electron chi connectivity index (χ4n) is 2.92. The molecular weight excluding hydrogens is 311 g/mol. The van der Waals surface area contributed by atoms with Gasteiger partial charge in [-0.3, -0.25) is 0 Å². The van der Waals surface area contributed by atoms with Gasteiger partial charge in [0.1, 0.15) is 17.7 Å². The van der Waals surface area contributed by atoms with Gasteiger partial charge in [0.15, 0.2) is 0 Å². The Hall–Kier alpha value is -2.41. The van der Waals surface area contributed by atoms with Crippen LogP contribution in [0.4, 0.5) is 9.18 Å². The fourth-order valence-corrected chi connectivity index (χ4v) is 2.92. The summed E-state index contributed by atoms with van der Waals surface area (Å²) in [4.78, 5) is 18.6. The van der Waals surface area contributed by atoms with E-state index >= 15 is 0 Å². The van der Waals surface area contributed by atoms with Gasteiger partial charge in [-0.05, 0) is 30.5 Å². The number of aryl methyl sites for hydroxylation is 1. The standard InChI is InChI=1S/C17H21FN4O2/c1-21-10-7-19-16(21)15(12-3-2-4-13(18)11-12)20-17(24)22-8-5-14(23)6-9-22/h2-4,7,10-11,14-15,23H,5-6,8-9H2,1H3,(H,20,24). The lowest BCUT2D eigenvalue weighted by Gasteiger charge is -2.31. The Bertz CT molecular complexity index is 710. The maximum atomic E-state index is 13.6. The van der Waals surface area contributed by atoms with Crippen LogP contribution in [0.25, 0.3) is 0 Å². The molecule has 1 unspecified atom stereocenters. The van der Waals surface area contributed by atoms with Crippen LogP contribution in [0, 0.1) is 5.82 Å². The lowest BCUT2D eigenvalue weighted by atomic mass is 10.1. The summed E-state index contributed by atoms with van der Waals surface area (Å²) in [7, 11) is 1.83. The molecule has 1 aliphatic heterocycles. The quantitative estimate of drug-likeness (QED) is 0.901. The van der Waals surface area contributed by atoms with Crippen molar-refractivity contribution in [2.45, 2.75) is 25.0 Å². The summed E-state index contributed by atoms with van der Waals surface area (Å²) >= 11 is 0. The van der Waals surface area contributed by atoms with Crippen LogP contribution in [-0.4, -0.2) is 44.8 Å². The number of aliphatic hydroxyl groups is 1. The highest BCUT2D eigenvalue weighted by molar-refractivity contribution is 5.75. The maximum Gasteiger partial charge on any atom is 0.318 e. The molecule has 24 heavy (non-hydrogen) atoms. The van der Waals surface area contributed by atoms with E-state index in [9.17, 15) is 14.3 Å². The first kappa shape index (κ1) is 16.4. The van der Waals surface area contributed by atoms with E-state index in [1.165, 1.54) is 12.1 Å². The van der Waals surface area contributed by atoms with Gasteiger partial charge in [0.05, 0.1) is 6.10 Å². The number of aliphatic hydroxyl groups excluding tert-OH is 1. The van der Waals surface area contributed by atoms with Crippen LogP contribution in [0.1, 0.15) is 30.3 Å². The van der Waals surface area contributed by atoms with Gasteiger partial charge in [0.2, 0.25) is 0 Å². The number of nitrogens with one attached hydrogen (secondary N) is 1. The first-order chi connectivity index (χ1) is 11.5. The minimum Gasteiger partial charge on any atom is -0.393 e. The molecule has 0 spiro atoms. The smallest absolute Gasteiger partial charge is 0.318 e. The first-order valence-electron chi connectivity index (χ1n) is 8.01. The number of benzene rings is 1. The molecule has 6 nitrogen and oxygen atoms in total. The van der Waals surface area contributed by atoms with Gasteiger partial charge in [0, 0.05) is 32.5 Å². The Balaban J connectivity index is 1.83. The van der Waals surface area contributed by atoms with Crippen molar-refractivity contribution in [1.29, 1.82) is 0 Å². The molecule has 0 aliphatic carbocycles. The summed E-state index contributed by atoms with van der Waals surface area (Å²) in [6.45, 7) is 1.01. The van der Waals surface area contributed by atoms with E-state index in [1.807, 2.05) is 7.05 Å². The average molecular weight is 332 g/mol. The minimum atomic E-state index is -0.542. The predicted octanol–water partition coefficient (Wildman–Crippen LogP) is 1.81. The summed E-state index contributed by atoms with van der Waals surface area (Å²) in [5.41, 5.74) is 0.634. The molecule has 1 fully saturated rings. The van der Waals surface area contributed by atoms with Crippen LogP contribution >= 0.6 is 0 Å². The highest BCUT2D eigenvalue weighted by atomic mass is 19.1. The van der Waals surface area contributed by atoms with Gasteiger partial charge in [-0.25, -0.2) is 14.2 Å². The number of aromatic nitrogens is 2. The fraction of sp³-hybridized carbons (Fsp3) is 0.412. The lowest BCUT2D eigenvalue weighted by molar-refractivity contribution is 0.0930. The van der Waals surface area contributed by atoms with Crippen LogP contribution in [0.3, 0.4) is 0 Å². The Morgan fingerprint density at radius 1 is 1.42 bits per heavy atom. The summed E-state index contributed by atoms with van der Waals surface area (Å²) in [6, 6.07) is 5.37. The molecule has 1 aromatic heterocycles. The normalized spacial score (nSPS) is 16.9. The number of imidazole rings is 1. The van der Waals surface area contributed by atoms with Gasteiger partial charge in [0.25, 0.3) is 0 Å². The molecule has 1 saturated heterocycles. The number of halogens is 1. The van der Waals surface area contributed by atoms with Crippen molar-refractivity contribution in [3.8, 4) is 0 Å². The molecule has 7 heteroatoms. The Labute approximate surface area is 139 Å². The van der Waals surface area contributed by atoms with E-state index in [4.69, 9.17) is 0 Å². The highest BCUT2D eigenvalue weighted by Crippen LogP contribution is 2.22. The average Bonchev–Trinajstić information content (AvgIpc) is 2.99. The van der Waals surface area contributed by atoms with E-state index in [2.05, 4.69) is 10.3 Å². The van der Waals surface area contributed by atoms with Gasteiger partial charge in [-0.15, -0.1) is 0 Å². The summed E-state index contributed by atoms with van der Waals surface area (Å²) in [6.07, 6.45) is 4.22.